The van der Waals surface area contributed by atoms with Gasteiger partial charge in [-0.1, -0.05) is 31.5 Å². The van der Waals surface area contributed by atoms with E-state index in [1.54, 1.807) is 35.3 Å². The molecule has 0 saturated carbocycles. The molecule has 0 spiro atoms. The van der Waals surface area contributed by atoms with Crippen molar-refractivity contribution in [1.29, 1.82) is 0 Å². The first kappa shape index (κ1) is 27.9. The molecular formula is C28H26N4O8S. The highest BCUT2D eigenvalue weighted by Gasteiger charge is 2.37. The molecular weight excluding hydrogens is 552 g/mol. The Balaban J connectivity index is 1.77. The summed E-state index contributed by atoms with van der Waals surface area (Å²) in [6.45, 7) is 2.05. The Morgan fingerprint density at radius 2 is 1.71 bits per heavy atom. The highest BCUT2D eigenvalue weighted by molar-refractivity contribution is 7.91. The summed E-state index contributed by atoms with van der Waals surface area (Å²) < 4.78 is 30.2. The molecule has 0 amide bonds. The maximum atomic E-state index is 13.2. The average molecular weight is 579 g/mol. The van der Waals surface area contributed by atoms with E-state index in [1.807, 2.05) is 6.92 Å². The number of non-ortho nitro benzene ring substituents is 2. The summed E-state index contributed by atoms with van der Waals surface area (Å²) >= 11 is 0. The van der Waals surface area contributed by atoms with E-state index in [2.05, 4.69) is 0 Å². The van der Waals surface area contributed by atoms with Gasteiger partial charge in [0.15, 0.2) is 9.84 Å². The largest absolute Gasteiger partial charge is 0.462 e. The molecule has 212 valence electrons. The number of para-hydroxylation sites is 1. The first-order valence-corrected chi connectivity index (χ1v) is 14.8. The second-order valence-corrected chi connectivity index (χ2v) is 12.1. The summed E-state index contributed by atoms with van der Waals surface area (Å²) in [6, 6.07) is 14.8. The number of benzene rings is 3. The number of hydrogen-bond acceptors (Lipinski definition) is 10. The van der Waals surface area contributed by atoms with Crippen molar-refractivity contribution in [2.75, 3.05) is 23.1 Å². The van der Waals surface area contributed by atoms with E-state index in [4.69, 9.17) is 9.84 Å². The van der Waals surface area contributed by atoms with Gasteiger partial charge in [0.05, 0.1) is 51.0 Å². The Kier molecular flexibility index (Phi) is 7.54. The number of ether oxygens (including phenoxy) is 1. The van der Waals surface area contributed by atoms with Crippen LogP contribution in [0.15, 0.2) is 65.8 Å². The minimum atomic E-state index is -3.32. The van der Waals surface area contributed by atoms with Crippen LogP contribution in [0.25, 0.3) is 11.1 Å². The second kappa shape index (κ2) is 11.1. The normalized spacial score (nSPS) is 17.6. The van der Waals surface area contributed by atoms with E-state index < -0.39 is 31.7 Å². The van der Waals surface area contributed by atoms with E-state index in [-0.39, 0.29) is 46.3 Å². The molecule has 1 heterocycles. The third kappa shape index (κ3) is 5.53. The van der Waals surface area contributed by atoms with Crippen LogP contribution in [0.3, 0.4) is 0 Å². The fourth-order valence-corrected chi connectivity index (χ4v) is 6.77. The molecule has 2 aliphatic rings. The number of carbonyl (C=O) groups is 1. The standard InChI is InChI=1S/C28H26N4O8S/c1-2-3-12-40-28(33)25-16-21(32(36)37)15-24-26(25)22-10-9-19(31(34)35)14-23(22)27(24)29-30(18-7-5-4-6-8-18)20-11-13-41(38,39)17-20/h4-10,14-16,20H,2-3,11-13,17H2,1H3/b29-27+. The molecule has 1 unspecified atom stereocenters. The summed E-state index contributed by atoms with van der Waals surface area (Å²) in [5.74, 6) is -0.938. The van der Waals surface area contributed by atoms with E-state index in [0.717, 1.165) is 12.5 Å². The topological polar surface area (TPSA) is 162 Å². The summed E-state index contributed by atoms with van der Waals surface area (Å²) in [5.41, 5.74) is 1.31. The van der Waals surface area contributed by atoms with Crippen LogP contribution in [0.5, 0.6) is 0 Å². The van der Waals surface area contributed by atoms with Crippen LogP contribution in [-0.4, -0.2) is 54.1 Å². The third-order valence-corrected chi connectivity index (χ3v) is 8.81. The molecule has 41 heavy (non-hydrogen) atoms. The number of anilines is 1. The lowest BCUT2D eigenvalue weighted by atomic mass is 9.98. The predicted octanol–water partition coefficient (Wildman–Crippen LogP) is 4.89. The van der Waals surface area contributed by atoms with Crippen LogP contribution in [0.4, 0.5) is 17.1 Å². The number of hydrogen-bond donors (Lipinski definition) is 0. The van der Waals surface area contributed by atoms with E-state index >= 15 is 0 Å². The second-order valence-electron chi connectivity index (χ2n) is 9.84. The van der Waals surface area contributed by atoms with Crippen LogP contribution >= 0.6 is 0 Å². The van der Waals surface area contributed by atoms with Crippen LogP contribution in [0, 0.1) is 20.2 Å². The van der Waals surface area contributed by atoms with Gasteiger partial charge in [0, 0.05) is 41.0 Å². The lowest BCUT2D eigenvalue weighted by Crippen LogP contribution is -2.33. The molecule has 0 aromatic heterocycles. The Bertz CT molecular complexity index is 1690. The zero-order valence-corrected chi connectivity index (χ0v) is 22.9. The van der Waals surface area contributed by atoms with Gasteiger partial charge in [-0.25, -0.2) is 13.2 Å². The molecule has 12 nitrogen and oxygen atoms in total. The van der Waals surface area contributed by atoms with Crippen molar-refractivity contribution in [2.24, 2.45) is 5.10 Å². The van der Waals surface area contributed by atoms with Gasteiger partial charge in [0.1, 0.15) is 0 Å². The van der Waals surface area contributed by atoms with Crippen molar-refractivity contribution < 1.29 is 27.8 Å². The molecule has 13 heteroatoms. The number of sulfone groups is 1. The van der Waals surface area contributed by atoms with Crippen molar-refractivity contribution in [1.82, 2.24) is 0 Å². The molecule has 5 rings (SSSR count). The summed E-state index contributed by atoms with van der Waals surface area (Å²) in [7, 11) is -3.32. The monoisotopic (exact) mass is 578 g/mol. The maximum Gasteiger partial charge on any atom is 0.339 e. The minimum Gasteiger partial charge on any atom is -0.462 e. The molecule has 1 aliphatic carbocycles. The molecule has 3 aromatic carbocycles. The highest BCUT2D eigenvalue weighted by Crippen LogP contribution is 2.44. The Morgan fingerprint density at radius 3 is 2.34 bits per heavy atom. The third-order valence-electron chi connectivity index (χ3n) is 7.06. The number of nitrogens with zero attached hydrogens (tertiary/aromatic N) is 4. The highest BCUT2D eigenvalue weighted by atomic mass is 32.2. The number of nitro benzene ring substituents is 2. The quantitative estimate of drug-likeness (QED) is 0.116. The first-order chi connectivity index (χ1) is 19.6. The van der Waals surface area contributed by atoms with E-state index in [0.29, 0.717) is 35.2 Å². The molecule has 1 fully saturated rings. The average Bonchev–Trinajstić information content (AvgIpc) is 3.47. The van der Waals surface area contributed by atoms with Gasteiger partial charge in [-0.2, -0.15) is 5.10 Å². The van der Waals surface area contributed by atoms with Crippen LogP contribution in [0.1, 0.15) is 47.7 Å². The maximum absolute atomic E-state index is 13.2. The van der Waals surface area contributed by atoms with Crippen molar-refractivity contribution in [3.8, 4) is 11.1 Å². The number of carbonyl (C=O) groups excluding carboxylic acids is 1. The number of esters is 1. The molecule has 0 radical (unpaired) electrons. The predicted molar refractivity (Wildman–Crippen MR) is 152 cm³/mol. The van der Waals surface area contributed by atoms with Crippen molar-refractivity contribution in [2.45, 2.75) is 32.2 Å². The number of hydrazone groups is 1. The molecule has 1 saturated heterocycles. The molecule has 0 bridgehead atoms. The minimum absolute atomic E-state index is 0.0241. The molecule has 1 atom stereocenters. The number of fused-ring (bicyclic) bond motifs is 3. The van der Waals surface area contributed by atoms with Crippen LogP contribution in [-0.2, 0) is 14.6 Å². The fourth-order valence-electron chi connectivity index (χ4n) is 5.08. The molecule has 0 N–H and O–H groups in total. The van der Waals surface area contributed by atoms with Crippen molar-refractivity contribution in [3.05, 3.63) is 97.6 Å². The lowest BCUT2D eigenvalue weighted by molar-refractivity contribution is -0.385. The number of unbranched alkanes of at least 4 members (excludes halogenated alkanes) is 1. The van der Waals surface area contributed by atoms with E-state index in [1.165, 1.54) is 24.3 Å². The Morgan fingerprint density at radius 1 is 1.00 bits per heavy atom. The smallest absolute Gasteiger partial charge is 0.339 e. The van der Waals surface area contributed by atoms with Crippen molar-refractivity contribution in [3.63, 3.8) is 0 Å². The van der Waals surface area contributed by atoms with Gasteiger partial charge >= 0.3 is 5.97 Å². The summed E-state index contributed by atoms with van der Waals surface area (Å²) in [4.78, 5) is 35.6. The van der Waals surface area contributed by atoms with Gasteiger partial charge in [-0.05, 0) is 36.6 Å². The Hall–Kier alpha value is -4.65. The number of nitro groups is 2. The first-order valence-electron chi connectivity index (χ1n) is 13.0. The van der Waals surface area contributed by atoms with E-state index in [9.17, 15) is 33.4 Å². The molecule has 1 aliphatic heterocycles. The van der Waals surface area contributed by atoms with Crippen LogP contribution in [0.2, 0.25) is 0 Å². The number of rotatable bonds is 9. The van der Waals surface area contributed by atoms with Crippen LogP contribution < -0.4 is 5.01 Å². The SMILES string of the molecule is CCCCOC(=O)c1cc([N+](=O)[O-])cc2c1-c1ccc([N+](=O)[O-])cc1/C2=N\N(c1ccccc1)C1CCS(=O)(=O)C1. The molecule has 3 aromatic rings. The summed E-state index contributed by atoms with van der Waals surface area (Å²) in [5, 5.41) is 30.0. The van der Waals surface area contributed by atoms with Gasteiger partial charge in [-0.3, -0.25) is 25.2 Å². The fraction of sp³-hybridized carbons (Fsp3) is 0.286. The summed E-state index contributed by atoms with van der Waals surface area (Å²) in [6.07, 6.45) is 1.68. The van der Waals surface area contributed by atoms with Gasteiger partial charge in [-0.15, -0.1) is 0 Å². The zero-order chi connectivity index (χ0) is 29.3. The van der Waals surface area contributed by atoms with Gasteiger partial charge < -0.3 is 4.74 Å². The van der Waals surface area contributed by atoms with Gasteiger partial charge in [0.2, 0.25) is 0 Å². The van der Waals surface area contributed by atoms with Gasteiger partial charge in [0.25, 0.3) is 11.4 Å². The zero-order valence-electron chi connectivity index (χ0n) is 22.1. The lowest BCUT2D eigenvalue weighted by Gasteiger charge is -2.26. The Labute approximate surface area is 235 Å². The van der Waals surface area contributed by atoms with Crippen molar-refractivity contribution >= 4 is 38.6 Å².